The summed E-state index contributed by atoms with van der Waals surface area (Å²) in [6, 6.07) is 3.04. The van der Waals surface area contributed by atoms with Crippen LogP contribution in [0.1, 0.15) is 26.2 Å². The first kappa shape index (κ1) is 20.3. The largest absolute Gasteiger partial charge is 0.396 e. The summed E-state index contributed by atoms with van der Waals surface area (Å²) in [7, 11) is -4.02. The zero-order valence-electron chi connectivity index (χ0n) is 14.0. The molecular formula is C17H19F3N2O3S. The highest BCUT2D eigenvalue weighted by atomic mass is 32.2. The topological polar surface area (TPSA) is 79.3 Å². The molecule has 0 unspecified atom stereocenters. The molecule has 0 spiro atoms. The lowest BCUT2D eigenvalue weighted by Gasteiger charge is -2.17. The number of aliphatic hydroxyl groups is 1. The summed E-state index contributed by atoms with van der Waals surface area (Å²) in [6.45, 7) is 1.69. The van der Waals surface area contributed by atoms with E-state index in [9.17, 15) is 21.6 Å². The summed E-state index contributed by atoms with van der Waals surface area (Å²) in [6.07, 6.45) is 2.20. The van der Waals surface area contributed by atoms with Crippen molar-refractivity contribution in [1.29, 1.82) is 0 Å². The molecule has 0 bridgehead atoms. The van der Waals surface area contributed by atoms with Crippen molar-refractivity contribution in [1.82, 2.24) is 9.71 Å². The summed E-state index contributed by atoms with van der Waals surface area (Å²) < 4.78 is 68.3. The number of sulfonamides is 1. The van der Waals surface area contributed by atoms with Crippen LogP contribution in [0.25, 0.3) is 11.3 Å². The zero-order chi connectivity index (χ0) is 19.3. The summed E-state index contributed by atoms with van der Waals surface area (Å²) in [4.78, 5) is 3.18. The second kappa shape index (κ2) is 8.61. The van der Waals surface area contributed by atoms with Gasteiger partial charge in [-0.2, -0.15) is 0 Å². The van der Waals surface area contributed by atoms with Crippen LogP contribution in [0, 0.1) is 17.5 Å². The molecule has 1 atom stereocenters. The Hall–Kier alpha value is -1.97. The number of aromatic nitrogens is 1. The van der Waals surface area contributed by atoms with Gasteiger partial charge in [0.25, 0.3) is 0 Å². The molecule has 1 heterocycles. The second-order valence-corrected chi connectivity index (χ2v) is 7.46. The average Bonchev–Trinajstić information content (AvgIpc) is 2.55. The fourth-order valence-electron chi connectivity index (χ4n) is 2.52. The van der Waals surface area contributed by atoms with Crippen LogP contribution in [0.4, 0.5) is 13.2 Å². The molecule has 142 valence electrons. The molecule has 5 nitrogen and oxygen atoms in total. The summed E-state index contributed by atoms with van der Waals surface area (Å²) >= 11 is 0. The molecule has 0 aliphatic heterocycles. The molecule has 26 heavy (non-hydrogen) atoms. The van der Waals surface area contributed by atoms with Crippen molar-refractivity contribution in [3.63, 3.8) is 0 Å². The van der Waals surface area contributed by atoms with Crippen LogP contribution in [0.2, 0.25) is 0 Å². The maximum Gasteiger partial charge on any atom is 0.240 e. The minimum Gasteiger partial charge on any atom is -0.396 e. The predicted octanol–water partition coefficient (Wildman–Crippen LogP) is 3.00. The molecule has 1 aromatic heterocycles. The van der Waals surface area contributed by atoms with Crippen molar-refractivity contribution in [3.8, 4) is 11.3 Å². The van der Waals surface area contributed by atoms with E-state index >= 15 is 0 Å². The van der Waals surface area contributed by atoms with E-state index in [0.29, 0.717) is 18.9 Å². The Morgan fingerprint density at radius 3 is 2.46 bits per heavy atom. The molecule has 2 rings (SSSR count). The van der Waals surface area contributed by atoms with Gasteiger partial charge in [-0.3, -0.25) is 4.98 Å². The zero-order valence-corrected chi connectivity index (χ0v) is 14.9. The van der Waals surface area contributed by atoms with Gasteiger partial charge >= 0.3 is 0 Å². The third-order valence-electron chi connectivity index (χ3n) is 3.75. The molecule has 9 heteroatoms. The summed E-state index contributed by atoms with van der Waals surface area (Å²) in [5.41, 5.74) is -0.688. The van der Waals surface area contributed by atoms with Crippen LogP contribution < -0.4 is 4.72 Å². The van der Waals surface area contributed by atoms with Crippen LogP contribution in [-0.2, 0) is 10.0 Å². The fourth-order valence-corrected chi connectivity index (χ4v) is 3.84. The van der Waals surface area contributed by atoms with Crippen LogP contribution in [0.15, 0.2) is 35.4 Å². The third-order valence-corrected chi connectivity index (χ3v) is 5.27. The van der Waals surface area contributed by atoms with Gasteiger partial charge in [0.15, 0.2) is 5.82 Å². The fraction of sp³-hybridized carbons (Fsp3) is 0.353. The molecule has 0 saturated heterocycles. The van der Waals surface area contributed by atoms with Gasteiger partial charge in [-0.15, -0.1) is 0 Å². The van der Waals surface area contributed by atoms with Gasteiger partial charge in [-0.25, -0.2) is 26.3 Å². The van der Waals surface area contributed by atoms with E-state index < -0.39 is 39.2 Å². The number of hydrogen-bond donors (Lipinski definition) is 2. The lowest BCUT2D eigenvalue weighted by molar-refractivity contribution is 0.268. The number of rotatable bonds is 8. The van der Waals surface area contributed by atoms with Gasteiger partial charge in [0.2, 0.25) is 10.0 Å². The third kappa shape index (κ3) is 4.80. The van der Waals surface area contributed by atoms with Gasteiger partial charge in [-0.05, 0) is 31.0 Å². The van der Waals surface area contributed by atoms with Crippen LogP contribution >= 0.6 is 0 Å². The number of nitrogens with zero attached hydrogens (tertiary/aromatic N) is 1. The first-order chi connectivity index (χ1) is 12.3. The van der Waals surface area contributed by atoms with E-state index in [0.717, 1.165) is 24.4 Å². The van der Waals surface area contributed by atoms with Crippen molar-refractivity contribution < 1.29 is 26.7 Å². The number of benzene rings is 1. The lowest BCUT2D eigenvalue weighted by atomic mass is 10.1. The van der Waals surface area contributed by atoms with Gasteiger partial charge in [0.1, 0.15) is 17.3 Å². The number of hydrogen-bond acceptors (Lipinski definition) is 4. The van der Waals surface area contributed by atoms with Gasteiger partial charge < -0.3 is 5.11 Å². The molecule has 0 saturated carbocycles. The van der Waals surface area contributed by atoms with Crippen molar-refractivity contribution in [2.24, 2.45) is 0 Å². The number of pyridine rings is 1. The predicted molar refractivity (Wildman–Crippen MR) is 90.3 cm³/mol. The Bertz CT molecular complexity index is 870. The molecule has 2 aromatic rings. The van der Waals surface area contributed by atoms with Crippen LogP contribution in [0.5, 0.6) is 0 Å². The highest BCUT2D eigenvalue weighted by molar-refractivity contribution is 7.89. The Balaban J connectivity index is 2.33. The highest BCUT2D eigenvalue weighted by Crippen LogP contribution is 2.26. The Morgan fingerprint density at radius 1 is 1.15 bits per heavy atom. The minimum absolute atomic E-state index is 0.185. The van der Waals surface area contributed by atoms with E-state index in [1.54, 1.807) is 0 Å². The minimum atomic E-state index is -4.02. The van der Waals surface area contributed by atoms with E-state index in [2.05, 4.69) is 9.71 Å². The standard InChI is InChI=1S/C17H19F3N2O3S/c1-2-3-12(6-7-23)22-26(24,25)13-4-5-14(15(19)9-13)17-16(20)8-11(18)10-21-17/h4-5,8-10,12,22-23H,2-3,6-7H2,1H3/t12-/m1/s1. The molecule has 0 amide bonds. The van der Waals surface area contributed by atoms with E-state index in [1.807, 2.05) is 6.92 Å². The molecule has 0 fully saturated rings. The maximum atomic E-state index is 14.3. The highest BCUT2D eigenvalue weighted by Gasteiger charge is 2.22. The first-order valence-electron chi connectivity index (χ1n) is 8.02. The van der Waals surface area contributed by atoms with Crippen molar-refractivity contribution >= 4 is 10.0 Å². The summed E-state index contributed by atoms with van der Waals surface area (Å²) in [5, 5.41) is 9.02. The lowest BCUT2D eigenvalue weighted by Crippen LogP contribution is -2.35. The monoisotopic (exact) mass is 388 g/mol. The molecule has 1 aromatic carbocycles. The first-order valence-corrected chi connectivity index (χ1v) is 9.51. The Morgan fingerprint density at radius 2 is 1.88 bits per heavy atom. The van der Waals surface area contributed by atoms with Gasteiger partial charge in [0, 0.05) is 24.3 Å². The smallest absolute Gasteiger partial charge is 0.240 e. The Kier molecular flexibility index (Phi) is 6.74. The van der Waals surface area contributed by atoms with Crippen molar-refractivity contribution in [3.05, 3.63) is 47.9 Å². The van der Waals surface area contributed by atoms with E-state index in [-0.39, 0.29) is 23.5 Å². The van der Waals surface area contributed by atoms with Crippen LogP contribution in [0.3, 0.4) is 0 Å². The molecule has 0 radical (unpaired) electrons. The quantitative estimate of drug-likeness (QED) is 0.729. The number of nitrogens with one attached hydrogen (secondary N) is 1. The van der Waals surface area contributed by atoms with Crippen molar-refractivity contribution in [2.45, 2.75) is 37.1 Å². The normalized spacial score (nSPS) is 13.0. The average molecular weight is 388 g/mol. The number of aliphatic hydroxyl groups excluding tert-OH is 1. The van der Waals surface area contributed by atoms with Crippen molar-refractivity contribution in [2.75, 3.05) is 6.61 Å². The Labute approximate surface area is 149 Å². The SMILES string of the molecule is CCC[C@H](CCO)NS(=O)(=O)c1ccc(-c2ncc(F)cc2F)c(F)c1. The van der Waals surface area contributed by atoms with E-state index in [4.69, 9.17) is 5.11 Å². The molecular weight excluding hydrogens is 369 g/mol. The molecule has 2 N–H and O–H groups in total. The van der Waals surface area contributed by atoms with Gasteiger partial charge in [-0.1, -0.05) is 13.3 Å². The maximum absolute atomic E-state index is 14.3. The van der Waals surface area contributed by atoms with Gasteiger partial charge in [0.05, 0.1) is 11.1 Å². The second-order valence-electron chi connectivity index (χ2n) is 5.74. The van der Waals surface area contributed by atoms with Crippen LogP contribution in [-0.4, -0.2) is 31.2 Å². The molecule has 0 aliphatic rings. The molecule has 0 aliphatic carbocycles. The van der Waals surface area contributed by atoms with E-state index in [1.165, 1.54) is 0 Å². The number of halogens is 3. The summed E-state index contributed by atoms with van der Waals surface area (Å²) in [5.74, 6) is -2.95.